The monoisotopic (exact) mass is 705 g/mol. The Balaban J connectivity index is 1.07. The number of ether oxygens (including phenoxy) is 2. The number of fused-ring (bicyclic) bond motifs is 2. The minimum Gasteiger partial charge on any atom is -0.491 e. The topological polar surface area (TPSA) is 71.9 Å². The van der Waals surface area contributed by atoms with Crippen LogP contribution < -0.4 is 15.0 Å². The number of para-hydroxylation sites is 4. The Kier molecular flexibility index (Phi) is 9.52. The Morgan fingerprint density at radius 1 is 0.811 bits per heavy atom. The molecule has 8 heteroatoms. The SMILES string of the molecule is CC(C)(C)OC(=O)N1CCC(C(COc2ccc(-c3nc4ccccc4n3Cc3ccccc3)cc2)N2c3ccccc3NC2c2ccccc2)CC1. The molecule has 0 radical (unpaired) electrons. The van der Waals surface area contributed by atoms with Crippen molar-refractivity contribution in [1.29, 1.82) is 0 Å². The maximum Gasteiger partial charge on any atom is 0.410 e. The van der Waals surface area contributed by atoms with Gasteiger partial charge in [-0.25, -0.2) is 9.78 Å². The van der Waals surface area contributed by atoms with Gasteiger partial charge in [-0.2, -0.15) is 0 Å². The summed E-state index contributed by atoms with van der Waals surface area (Å²) in [7, 11) is 0. The third-order valence-electron chi connectivity index (χ3n) is 10.3. The van der Waals surface area contributed by atoms with Crippen molar-refractivity contribution in [3.8, 4) is 17.1 Å². The van der Waals surface area contributed by atoms with Gasteiger partial charge in [-0.3, -0.25) is 0 Å². The molecule has 2 aliphatic heterocycles. The van der Waals surface area contributed by atoms with E-state index in [1.807, 2.05) is 37.8 Å². The Bertz CT molecular complexity index is 2150. The number of nitrogens with zero attached hydrogens (tertiary/aromatic N) is 4. The van der Waals surface area contributed by atoms with E-state index >= 15 is 0 Å². The first kappa shape index (κ1) is 34.3. The molecule has 1 saturated heterocycles. The highest BCUT2D eigenvalue weighted by Crippen LogP contribution is 2.45. The van der Waals surface area contributed by atoms with Crippen molar-refractivity contribution in [2.75, 3.05) is 29.9 Å². The van der Waals surface area contributed by atoms with E-state index in [0.717, 1.165) is 58.9 Å². The highest BCUT2D eigenvalue weighted by Gasteiger charge is 2.41. The van der Waals surface area contributed by atoms with Gasteiger partial charge in [-0.1, -0.05) is 84.9 Å². The predicted molar refractivity (Wildman–Crippen MR) is 212 cm³/mol. The first-order valence-corrected chi connectivity index (χ1v) is 18.7. The van der Waals surface area contributed by atoms with Crippen LogP contribution in [0.3, 0.4) is 0 Å². The van der Waals surface area contributed by atoms with Crippen molar-refractivity contribution < 1.29 is 14.3 Å². The van der Waals surface area contributed by atoms with Crippen molar-refractivity contribution in [1.82, 2.24) is 14.5 Å². The van der Waals surface area contributed by atoms with Crippen molar-refractivity contribution in [2.24, 2.45) is 5.92 Å². The van der Waals surface area contributed by atoms with Crippen LogP contribution in [0.4, 0.5) is 16.2 Å². The number of amides is 1. The summed E-state index contributed by atoms with van der Waals surface area (Å²) in [6.07, 6.45) is 1.41. The molecule has 0 bridgehead atoms. The Hall–Kier alpha value is -5.76. The molecule has 2 unspecified atom stereocenters. The number of hydrogen-bond donors (Lipinski definition) is 1. The Labute approximate surface area is 312 Å². The van der Waals surface area contributed by atoms with Crippen molar-refractivity contribution >= 4 is 28.5 Å². The molecule has 1 N–H and O–H groups in total. The van der Waals surface area contributed by atoms with Gasteiger partial charge in [0.15, 0.2) is 0 Å². The molecule has 270 valence electrons. The molecule has 0 saturated carbocycles. The fourth-order valence-corrected chi connectivity index (χ4v) is 7.77. The van der Waals surface area contributed by atoms with Gasteiger partial charge in [0, 0.05) is 25.2 Å². The number of piperidine rings is 1. The number of carbonyl (C=O) groups is 1. The third kappa shape index (κ3) is 7.45. The number of aromatic nitrogens is 2. The maximum atomic E-state index is 13.0. The first-order chi connectivity index (χ1) is 25.8. The summed E-state index contributed by atoms with van der Waals surface area (Å²) >= 11 is 0. The average Bonchev–Trinajstić information content (AvgIpc) is 3.74. The smallest absolute Gasteiger partial charge is 0.410 e. The van der Waals surface area contributed by atoms with Crippen LogP contribution in [0.25, 0.3) is 22.4 Å². The highest BCUT2D eigenvalue weighted by molar-refractivity contribution is 5.81. The molecule has 53 heavy (non-hydrogen) atoms. The normalized spacial score (nSPS) is 16.6. The molecule has 0 aliphatic carbocycles. The van der Waals surface area contributed by atoms with Gasteiger partial charge in [0.25, 0.3) is 0 Å². The highest BCUT2D eigenvalue weighted by atomic mass is 16.6. The lowest BCUT2D eigenvalue weighted by Crippen LogP contribution is -2.51. The van der Waals surface area contributed by atoms with E-state index in [0.29, 0.717) is 19.7 Å². The molecule has 1 aromatic heterocycles. The number of carbonyl (C=O) groups excluding carboxylic acids is 1. The van der Waals surface area contributed by atoms with Crippen molar-refractivity contribution in [3.63, 3.8) is 0 Å². The summed E-state index contributed by atoms with van der Waals surface area (Å²) in [4.78, 5) is 22.4. The molecular weight excluding hydrogens is 659 g/mol. The fourth-order valence-electron chi connectivity index (χ4n) is 7.77. The van der Waals surface area contributed by atoms with E-state index in [1.54, 1.807) is 0 Å². The summed E-state index contributed by atoms with van der Waals surface area (Å²) in [5.74, 6) is 2.03. The standard InChI is InChI=1S/C45H47N5O3/c1-45(2,3)53-44(51)48-28-26-33(27-29-48)41(50-40-21-13-11-19-38(40)47-43(50)34-16-8-5-9-17-34)31-52-36-24-22-35(23-25-36)42-46-37-18-10-12-20-39(37)49(42)30-32-14-6-4-7-15-32/h4-25,33,41,43,47H,26-31H2,1-3H3. The molecule has 1 amide bonds. The number of nitrogens with one attached hydrogen (secondary N) is 1. The molecule has 2 aliphatic rings. The number of hydrogen-bond acceptors (Lipinski definition) is 6. The quantitative estimate of drug-likeness (QED) is 0.162. The van der Waals surface area contributed by atoms with Crippen molar-refractivity contribution in [3.05, 3.63) is 145 Å². The van der Waals surface area contributed by atoms with Crippen LogP contribution in [0.2, 0.25) is 0 Å². The van der Waals surface area contributed by atoms with Gasteiger partial charge in [0.1, 0.15) is 29.9 Å². The molecule has 5 aromatic carbocycles. The molecule has 8 nitrogen and oxygen atoms in total. The average molecular weight is 706 g/mol. The minimum atomic E-state index is -0.526. The van der Waals surface area contributed by atoms with Gasteiger partial charge < -0.3 is 29.2 Å². The van der Waals surface area contributed by atoms with E-state index in [4.69, 9.17) is 14.5 Å². The van der Waals surface area contributed by atoms with Crippen LogP contribution in [-0.2, 0) is 11.3 Å². The summed E-state index contributed by atoms with van der Waals surface area (Å²) in [5.41, 5.74) is 7.30. The molecule has 0 spiro atoms. The number of likely N-dealkylation sites (tertiary alicyclic amines) is 1. The zero-order valence-electron chi connectivity index (χ0n) is 30.7. The minimum absolute atomic E-state index is 0.0342. The van der Waals surface area contributed by atoms with Gasteiger partial charge in [0.05, 0.1) is 28.5 Å². The summed E-state index contributed by atoms with van der Waals surface area (Å²) in [6.45, 7) is 8.26. The zero-order valence-corrected chi connectivity index (χ0v) is 30.7. The Morgan fingerprint density at radius 2 is 1.47 bits per heavy atom. The lowest BCUT2D eigenvalue weighted by Gasteiger charge is -2.43. The lowest BCUT2D eigenvalue weighted by molar-refractivity contribution is 0.0166. The van der Waals surface area contributed by atoms with E-state index in [2.05, 4.69) is 136 Å². The molecular formula is C45H47N5O3. The zero-order chi connectivity index (χ0) is 36.4. The largest absolute Gasteiger partial charge is 0.491 e. The second-order valence-electron chi connectivity index (χ2n) is 15.1. The molecule has 6 aromatic rings. The summed E-state index contributed by atoms with van der Waals surface area (Å²) in [5, 5.41) is 3.81. The summed E-state index contributed by atoms with van der Waals surface area (Å²) < 4.78 is 14.8. The van der Waals surface area contributed by atoms with Crippen LogP contribution in [0.1, 0.15) is 50.9 Å². The number of imidazole rings is 1. The van der Waals surface area contributed by atoms with Crippen LogP contribution >= 0.6 is 0 Å². The maximum absolute atomic E-state index is 13.0. The van der Waals surface area contributed by atoms with Gasteiger partial charge >= 0.3 is 6.09 Å². The van der Waals surface area contributed by atoms with Gasteiger partial charge in [-0.15, -0.1) is 0 Å². The molecule has 8 rings (SSSR count). The van der Waals surface area contributed by atoms with E-state index in [9.17, 15) is 4.79 Å². The fraction of sp³-hybridized carbons (Fsp3) is 0.289. The second kappa shape index (κ2) is 14.7. The van der Waals surface area contributed by atoms with E-state index in [-0.39, 0.29) is 24.2 Å². The third-order valence-corrected chi connectivity index (χ3v) is 10.3. The number of rotatable bonds is 9. The lowest BCUT2D eigenvalue weighted by atomic mass is 9.88. The van der Waals surface area contributed by atoms with E-state index < -0.39 is 5.60 Å². The van der Waals surface area contributed by atoms with Gasteiger partial charge in [-0.05, 0) is 99.2 Å². The van der Waals surface area contributed by atoms with Crippen LogP contribution in [0, 0.1) is 5.92 Å². The van der Waals surface area contributed by atoms with Crippen LogP contribution in [0.5, 0.6) is 5.75 Å². The molecule has 1 fully saturated rings. The predicted octanol–water partition coefficient (Wildman–Crippen LogP) is 9.78. The Morgan fingerprint density at radius 3 is 2.21 bits per heavy atom. The first-order valence-electron chi connectivity index (χ1n) is 18.7. The van der Waals surface area contributed by atoms with E-state index in [1.165, 1.54) is 11.1 Å². The second-order valence-corrected chi connectivity index (χ2v) is 15.1. The number of benzene rings is 5. The van der Waals surface area contributed by atoms with Crippen LogP contribution in [-0.4, -0.2) is 51.9 Å². The molecule has 3 heterocycles. The van der Waals surface area contributed by atoms with Crippen molar-refractivity contribution in [2.45, 2.75) is 58.0 Å². The van der Waals surface area contributed by atoms with Crippen LogP contribution in [0.15, 0.2) is 133 Å². The summed E-state index contributed by atoms with van der Waals surface area (Å²) in [6, 6.07) is 46.4. The molecule has 2 atom stereocenters. The van der Waals surface area contributed by atoms with Gasteiger partial charge in [0.2, 0.25) is 0 Å². The number of anilines is 2.